The summed E-state index contributed by atoms with van der Waals surface area (Å²) in [5.74, 6) is -1.03. The molecule has 22 heavy (non-hydrogen) atoms. The Morgan fingerprint density at radius 3 is 2.32 bits per heavy atom. The molecule has 0 atom stereocenters. The molecular weight excluding hydrogens is 302 g/mol. The number of sulfonamides is 1. The SMILES string of the molecule is Cc1cccc(-c2cccc(S(=O)(=O)N(C)C)c2)c1C(=O)O. The highest BCUT2D eigenvalue weighted by Gasteiger charge is 2.19. The van der Waals surface area contributed by atoms with Gasteiger partial charge in [-0.3, -0.25) is 0 Å². The zero-order chi connectivity index (χ0) is 16.5. The molecule has 116 valence electrons. The molecule has 0 aliphatic heterocycles. The fourth-order valence-electron chi connectivity index (χ4n) is 2.23. The van der Waals surface area contributed by atoms with Crippen LogP contribution >= 0.6 is 0 Å². The van der Waals surface area contributed by atoms with Gasteiger partial charge in [-0.2, -0.15) is 0 Å². The van der Waals surface area contributed by atoms with Crippen molar-refractivity contribution in [3.63, 3.8) is 0 Å². The van der Waals surface area contributed by atoms with Gasteiger partial charge in [0.2, 0.25) is 10.0 Å². The van der Waals surface area contributed by atoms with Crippen molar-refractivity contribution >= 4 is 16.0 Å². The van der Waals surface area contributed by atoms with Crippen molar-refractivity contribution in [1.82, 2.24) is 4.31 Å². The molecular formula is C16H17NO4S. The number of benzene rings is 2. The third-order valence-electron chi connectivity index (χ3n) is 3.41. The van der Waals surface area contributed by atoms with Crippen LogP contribution in [-0.2, 0) is 10.0 Å². The minimum Gasteiger partial charge on any atom is -0.478 e. The number of carboxylic acid groups (broad SMARTS) is 1. The van der Waals surface area contributed by atoms with E-state index in [1.54, 1.807) is 37.3 Å². The Labute approximate surface area is 129 Å². The maximum absolute atomic E-state index is 12.2. The Hall–Kier alpha value is -2.18. The number of rotatable bonds is 4. The molecule has 0 aliphatic carbocycles. The van der Waals surface area contributed by atoms with Crippen LogP contribution in [-0.4, -0.2) is 37.9 Å². The molecule has 0 heterocycles. The Bertz CT molecular complexity index is 826. The molecule has 0 fully saturated rings. The molecule has 0 spiro atoms. The summed E-state index contributed by atoms with van der Waals surface area (Å²) in [6, 6.07) is 11.5. The lowest BCUT2D eigenvalue weighted by Gasteiger charge is -2.14. The van der Waals surface area contributed by atoms with Crippen LogP contribution in [0.3, 0.4) is 0 Å². The van der Waals surface area contributed by atoms with E-state index in [2.05, 4.69) is 0 Å². The Morgan fingerprint density at radius 2 is 1.73 bits per heavy atom. The van der Waals surface area contributed by atoms with E-state index >= 15 is 0 Å². The van der Waals surface area contributed by atoms with Crippen molar-refractivity contribution in [2.24, 2.45) is 0 Å². The lowest BCUT2D eigenvalue weighted by Crippen LogP contribution is -2.22. The van der Waals surface area contributed by atoms with Gasteiger partial charge >= 0.3 is 5.97 Å². The number of hydrogen-bond acceptors (Lipinski definition) is 3. The highest BCUT2D eigenvalue weighted by atomic mass is 32.2. The van der Waals surface area contributed by atoms with Gasteiger partial charge in [0.1, 0.15) is 0 Å². The maximum atomic E-state index is 12.2. The predicted octanol–water partition coefficient (Wildman–Crippen LogP) is 2.61. The van der Waals surface area contributed by atoms with Crippen molar-refractivity contribution in [2.45, 2.75) is 11.8 Å². The topological polar surface area (TPSA) is 74.7 Å². The zero-order valence-electron chi connectivity index (χ0n) is 12.6. The van der Waals surface area contributed by atoms with Crippen molar-refractivity contribution in [3.05, 3.63) is 53.6 Å². The highest BCUT2D eigenvalue weighted by molar-refractivity contribution is 7.89. The van der Waals surface area contributed by atoms with E-state index in [0.29, 0.717) is 16.7 Å². The standard InChI is InChI=1S/C16H17NO4S/c1-11-6-4-9-14(15(11)16(18)19)12-7-5-8-13(10-12)22(20,21)17(2)3/h4-10H,1-3H3,(H,18,19). The first-order chi connectivity index (χ1) is 10.2. The first-order valence-electron chi connectivity index (χ1n) is 6.61. The molecule has 0 bridgehead atoms. The van der Waals surface area contributed by atoms with Crippen LogP contribution in [0, 0.1) is 6.92 Å². The van der Waals surface area contributed by atoms with Crippen LogP contribution < -0.4 is 0 Å². The van der Waals surface area contributed by atoms with Gasteiger partial charge in [0.05, 0.1) is 10.5 Å². The minimum absolute atomic E-state index is 0.132. The molecule has 2 aromatic carbocycles. The summed E-state index contributed by atoms with van der Waals surface area (Å²) < 4.78 is 25.5. The molecule has 0 radical (unpaired) electrons. The summed E-state index contributed by atoms with van der Waals surface area (Å²) in [7, 11) is -0.653. The second kappa shape index (κ2) is 5.90. The molecule has 0 saturated heterocycles. The highest BCUT2D eigenvalue weighted by Crippen LogP contribution is 2.28. The van der Waals surface area contributed by atoms with Crippen LogP contribution in [0.1, 0.15) is 15.9 Å². The molecule has 0 saturated carbocycles. The Kier molecular flexibility index (Phi) is 4.35. The van der Waals surface area contributed by atoms with E-state index in [1.807, 2.05) is 0 Å². The van der Waals surface area contributed by atoms with Gasteiger partial charge < -0.3 is 5.11 Å². The van der Waals surface area contributed by atoms with Crippen LogP contribution in [0.2, 0.25) is 0 Å². The van der Waals surface area contributed by atoms with Gasteiger partial charge in [-0.25, -0.2) is 17.5 Å². The average Bonchev–Trinajstić information content (AvgIpc) is 2.46. The van der Waals surface area contributed by atoms with E-state index < -0.39 is 16.0 Å². The lowest BCUT2D eigenvalue weighted by atomic mass is 9.96. The average molecular weight is 319 g/mol. The Balaban J connectivity index is 2.67. The second-order valence-electron chi connectivity index (χ2n) is 5.12. The lowest BCUT2D eigenvalue weighted by molar-refractivity contribution is 0.0697. The largest absolute Gasteiger partial charge is 0.478 e. The molecule has 6 heteroatoms. The third kappa shape index (κ3) is 2.88. The van der Waals surface area contributed by atoms with Gasteiger partial charge in [-0.05, 0) is 35.7 Å². The molecule has 5 nitrogen and oxygen atoms in total. The first-order valence-corrected chi connectivity index (χ1v) is 8.05. The Morgan fingerprint density at radius 1 is 1.09 bits per heavy atom. The van der Waals surface area contributed by atoms with Crippen LogP contribution in [0.25, 0.3) is 11.1 Å². The monoisotopic (exact) mass is 319 g/mol. The summed E-state index contributed by atoms with van der Waals surface area (Å²) in [6.45, 7) is 1.72. The number of hydrogen-bond donors (Lipinski definition) is 1. The van der Waals surface area contributed by atoms with E-state index in [9.17, 15) is 18.3 Å². The van der Waals surface area contributed by atoms with E-state index in [4.69, 9.17) is 0 Å². The summed E-state index contributed by atoms with van der Waals surface area (Å²) in [6.07, 6.45) is 0. The van der Waals surface area contributed by atoms with Crippen LogP contribution in [0.15, 0.2) is 47.4 Å². The summed E-state index contributed by atoms with van der Waals surface area (Å²) in [5.41, 5.74) is 1.88. The van der Waals surface area contributed by atoms with Crippen LogP contribution in [0.4, 0.5) is 0 Å². The molecule has 0 amide bonds. The van der Waals surface area contributed by atoms with E-state index in [-0.39, 0.29) is 10.5 Å². The third-order valence-corrected chi connectivity index (χ3v) is 5.22. The van der Waals surface area contributed by atoms with Crippen LogP contribution in [0.5, 0.6) is 0 Å². The minimum atomic E-state index is -3.56. The van der Waals surface area contributed by atoms with E-state index in [1.165, 1.54) is 26.2 Å². The maximum Gasteiger partial charge on any atom is 0.336 e. The normalized spacial score (nSPS) is 11.6. The zero-order valence-corrected chi connectivity index (χ0v) is 13.4. The number of aromatic carboxylic acids is 1. The fraction of sp³-hybridized carbons (Fsp3) is 0.188. The van der Waals surface area contributed by atoms with Crippen molar-refractivity contribution in [2.75, 3.05) is 14.1 Å². The quantitative estimate of drug-likeness (QED) is 0.940. The molecule has 2 aromatic rings. The van der Waals surface area contributed by atoms with Gasteiger partial charge in [-0.1, -0.05) is 30.3 Å². The summed E-state index contributed by atoms with van der Waals surface area (Å²) in [5, 5.41) is 9.40. The van der Waals surface area contributed by atoms with E-state index in [0.717, 1.165) is 4.31 Å². The smallest absolute Gasteiger partial charge is 0.336 e. The predicted molar refractivity (Wildman–Crippen MR) is 84.4 cm³/mol. The molecule has 0 aromatic heterocycles. The summed E-state index contributed by atoms with van der Waals surface area (Å²) >= 11 is 0. The number of nitrogens with zero attached hydrogens (tertiary/aromatic N) is 1. The number of carboxylic acids is 1. The van der Waals surface area contributed by atoms with Gasteiger partial charge in [0.15, 0.2) is 0 Å². The molecule has 2 rings (SSSR count). The van der Waals surface area contributed by atoms with Gasteiger partial charge in [-0.15, -0.1) is 0 Å². The van der Waals surface area contributed by atoms with Crippen molar-refractivity contribution < 1.29 is 18.3 Å². The van der Waals surface area contributed by atoms with Crippen molar-refractivity contribution in [1.29, 1.82) is 0 Å². The van der Waals surface area contributed by atoms with Crippen molar-refractivity contribution in [3.8, 4) is 11.1 Å². The number of carbonyl (C=O) groups is 1. The second-order valence-corrected chi connectivity index (χ2v) is 7.27. The first kappa shape index (κ1) is 16.2. The summed E-state index contributed by atoms with van der Waals surface area (Å²) in [4.78, 5) is 11.6. The molecule has 0 unspecified atom stereocenters. The van der Waals surface area contributed by atoms with Gasteiger partial charge in [0.25, 0.3) is 0 Å². The molecule has 0 aliphatic rings. The molecule has 1 N–H and O–H groups in total. The van der Waals surface area contributed by atoms with Gasteiger partial charge in [0, 0.05) is 14.1 Å². The fourth-order valence-corrected chi connectivity index (χ4v) is 3.18. The number of aryl methyl sites for hydroxylation is 1.